The summed E-state index contributed by atoms with van der Waals surface area (Å²) in [5, 5.41) is 13.9. The first kappa shape index (κ1) is 16.0. The number of ether oxygens (including phenoxy) is 1. The molecule has 0 fully saturated rings. The topological polar surface area (TPSA) is 105 Å². The van der Waals surface area contributed by atoms with E-state index in [1.54, 1.807) is 0 Å². The Bertz CT molecular complexity index is 723. The maximum absolute atomic E-state index is 11.8. The van der Waals surface area contributed by atoms with Gasteiger partial charge in [-0.1, -0.05) is 0 Å². The van der Waals surface area contributed by atoms with E-state index in [-0.39, 0.29) is 5.75 Å². The number of rotatable bonds is 3. The molecule has 0 atom stereocenters. The lowest BCUT2D eigenvalue weighted by Crippen LogP contribution is -2.29. The Balaban J connectivity index is 1.96. The van der Waals surface area contributed by atoms with E-state index >= 15 is 0 Å². The minimum absolute atomic E-state index is 0.0538. The molecule has 0 heterocycles. The fourth-order valence-electron chi connectivity index (χ4n) is 1.73. The number of phenols is 1. The Morgan fingerprint density at radius 1 is 0.826 bits per heavy atom. The van der Waals surface area contributed by atoms with Crippen molar-refractivity contribution in [3.8, 4) is 5.75 Å². The second kappa shape index (κ2) is 7.08. The van der Waals surface area contributed by atoms with Gasteiger partial charge in [-0.3, -0.25) is 9.59 Å². The van der Waals surface area contributed by atoms with Crippen LogP contribution in [0.2, 0.25) is 0 Å². The largest absolute Gasteiger partial charge is 0.508 e. The molecule has 3 N–H and O–H groups in total. The van der Waals surface area contributed by atoms with E-state index in [1.165, 1.54) is 55.6 Å². The van der Waals surface area contributed by atoms with E-state index in [1.807, 2.05) is 0 Å². The maximum atomic E-state index is 11.8. The molecule has 0 bridgehead atoms. The number of carbonyl (C=O) groups is 3. The number of amides is 2. The molecule has 0 aliphatic heterocycles. The van der Waals surface area contributed by atoms with Crippen LogP contribution in [0.5, 0.6) is 5.75 Å². The van der Waals surface area contributed by atoms with Crippen LogP contribution in [-0.2, 0) is 14.3 Å². The van der Waals surface area contributed by atoms with Gasteiger partial charge in [0.2, 0.25) is 0 Å². The van der Waals surface area contributed by atoms with Crippen molar-refractivity contribution < 1.29 is 24.2 Å². The van der Waals surface area contributed by atoms with E-state index in [0.29, 0.717) is 16.9 Å². The number of hydrogen-bond acceptors (Lipinski definition) is 5. The van der Waals surface area contributed by atoms with Crippen molar-refractivity contribution in [3.05, 3.63) is 54.1 Å². The summed E-state index contributed by atoms with van der Waals surface area (Å²) in [7, 11) is 1.27. The van der Waals surface area contributed by atoms with Crippen molar-refractivity contribution in [2.75, 3.05) is 17.7 Å². The lowest BCUT2D eigenvalue weighted by atomic mass is 10.2. The first-order chi connectivity index (χ1) is 11.0. The molecule has 0 radical (unpaired) electrons. The van der Waals surface area contributed by atoms with Gasteiger partial charge in [0.05, 0.1) is 12.7 Å². The Labute approximate surface area is 131 Å². The zero-order chi connectivity index (χ0) is 16.8. The number of aromatic hydroxyl groups is 1. The average molecular weight is 314 g/mol. The minimum atomic E-state index is -0.858. The zero-order valence-electron chi connectivity index (χ0n) is 12.2. The summed E-state index contributed by atoms with van der Waals surface area (Å²) in [6.07, 6.45) is 0. The maximum Gasteiger partial charge on any atom is 0.337 e. The third-order valence-corrected chi connectivity index (χ3v) is 2.90. The number of phenolic OH excluding ortho intramolecular Hbond substituents is 1. The molecule has 0 unspecified atom stereocenters. The monoisotopic (exact) mass is 314 g/mol. The van der Waals surface area contributed by atoms with Crippen molar-refractivity contribution in [2.24, 2.45) is 0 Å². The third kappa shape index (κ3) is 4.31. The van der Waals surface area contributed by atoms with Crippen LogP contribution in [0.3, 0.4) is 0 Å². The molecule has 2 aromatic carbocycles. The van der Waals surface area contributed by atoms with Gasteiger partial charge in [0, 0.05) is 11.4 Å². The Kier molecular flexibility index (Phi) is 4.93. The van der Waals surface area contributed by atoms with E-state index < -0.39 is 17.8 Å². The third-order valence-electron chi connectivity index (χ3n) is 2.90. The number of nitrogens with one attached hydrogen (secondary N) is 2. The number of anilines is 2. The highest BCUT2D eigenvalue weighted by Crippen LogP contribution is 2.14. The van der Waals surface area contributed by atoms with Gasteiger partial charge in [0.25, 0.3) is 0 Å². The molecular weight excluding hydrogens is 300 g/mol. The first-order valence-electron chi connectivity index (χ1n) is 6.59. The average Bonchev–Trinajstić information content (AvgIpc) is 2.56. The second-order valence-electron chi connectivity index (χ2n) is 4.52. The van der Waals surface area contributed by atoms with E-state index in [2.05, 4.69) is 15.4 Å². The summed E-state index contributed by atoms with van der Waals surface area (Å²) >= 11 is 0. The summed E-state index contributed by atoms with van der Waals surface area (Å²) in [6.45, 7) is 0. The van der Waals surface area contributed by atoms with E-state index in [0.717, 1.165) is 0 Å². The molecule has 7 nitrogen and oxygen atoms in total. The van der Waals surface area contributed by atoms with Crippen molar-refractivity contribution in [1.29, 1.82) is 0 Å². The summed E-state index contributed by atoms with van der Waals surface area (Å²) < 4.78 is 4.56. The van der Waals surface area contributed by atoms with Crippen molar-refractivity contribution >= 4 is 29.2 Å². The van der Waals surface area contributed by atoms with Crippen molar-refractivity contribution in [2.45, 2.75) is 0 Å². The fourth-order valence-corrected chi connectivity index (χ4v) is 1.73. The molecule has 2 aromatic rings. The van der Waals surface area contributed by atoms with Crippen LogP contribution in [0.4, 0.5) is 11.4 Å². The van der Waals surface area contributed by atoms with Gasteiger partial charge in [0.1, 0.15) is 5.75 Å². The predicted octanol–water partition coefficient (Wildman–Crippen LogP) is 1.76. The van der Waals surface area contributed by atoms with Gasteiger partial charge in [-0.2, -0.15) is 0 Å². The van der Waals surface area contributed by atoms with Crippen LogP contribution < -0.4 is 10.6 Å². The van der Waals surface area contributed by atoms with Gasteiger partial charge in [-0.05, 0) is 48.5 Å². The molecule has 0 saturated heterocycles. The molecular formula is C16H14N2O5. The smallest absolute Gasteiger partial charge is 0.337 e. The number of carbonyl (C=O) groups excluding carboxylic acids is 3. The highest BCUT2D eigenvalue weighted by Gasteiger charge is 2.14. The second-order valence-corrected chi connectivity index (χ2v) is 4.52. The predicted molar refractivity (Wildman–Crippen MR) is 83.1 cm³/mol. The van der Waals surface area contributed by atoms with E-state index in [4.69, 9.17) is 5.11 Å². The fraction of sp³-hybridized carbons (Fsp3) is 0.0625. The number of benzene rings is 2. The number of esters is 1. The van der Waals surface area contributed by atoms with Crippen LogP contribution >= 0.6 is 0 Å². The Hall–Kier alpha value is -3.35. The van der Waals surface area contributed by atoms with Gasteiger partial charge < -0.3 is 20.5 Å². The van der Waals surface area contributed by atoms with Crippen LogP contribution in [0.1, 0.15) is 10.4 Å². The number of hydrogen-bond donors (Lipinski definition) is 3. The Morgan fingerprint density at radius 2 is 1.26 bits per heavy atom. The molecule has 23 heavy (non-hydrogen) atoms. The van der Waals surface area contributed by atoms with Gasteiger partial charge in [-0.25, -0.2) is 4.79 Å². The van der Waals surface area contributed by atoms with Crippen LogP contribution in [-0.4, -0.2) is 30.0 Å². The van der Waals surface area contributed by atoms with Gasteiger partial charge in [0.15, 0.2) is 0 Å². The molecule has 0 aliphatic carbocycles. The van der Waals surface area contributed by atoms with Crippen LogP contribution in [0, 0.1) is 0 Å². The minimum Gasteiger partial charge on any atom is -0.508 e. The summed E-state index contributed by atoms with van der Waals surface area (Å²) in [4.78, 5) is 34.8. The van der Waals surface area contributed by atoms with Gasteiger partial charge >= 0.3 is 17.8 Å². The first-order valence-corrected chi connectivity index (χ1v) is 6.59. The normalized spacial score (nSPS) is 9.78. The number of methoxy groups -OCH3 is 1. The highest BCUT2D eigenvalue weighted by atomic mass is 16.5. The van der Waals surface area contributed by atoms with E-state index in [9.17, 15) is 14.4 Å². The van der Waals surface area contributed by atoms with Crippen molar-refractivity contribution in [1.82, 2.24) is 0 Å². The molecule has 0 saturated carbocycles. The highest BCUT2D eigenvalue weighted by molar-refractivity contribution is 6.43. The molecule has 2 rings (SSSR count). The molecule has 118 valence electrons. The summed E-state index contributed by atoms with van der Waals surface area (Å²) in [6, 6.07) is 11.6. The summed E-state index contributed by atoms with van der Waals surface area (Å²) in [5.74, 6) is -2.15. The molecule has 2 amide bonds. The standard InChI is InChI=1S/C16H14N2O5/c1-23-16(22)10-2-4-11(5-3-10)17-14(20)15(21)18-12-6-8-13(19)9-7-12/h2-9,19H,1H3,(H,17,20)(H,18,21). The van der Waals surface area contributed by atoms with Crippen molar-refractivity contribution in [3.63, 3.8) is 0 Å². The molecule has 0 aliphatic rings. The molecule has 0 aromatic heterocycles. The summed E-state index contributed by atoms with van der Waals surface area (Å²) in [5.41, 5.74) is 1.08. The molecule has 0 spiro atoms. The zero-order valence-corrected chi connectivity index (χ0v) is 12.2. The van der Waals surface area contributed by atoms with Crippen LogP contribution in [0.15, 0.2) is 48.5 Å². The van der Waals surface area contributed by atoms with Gasteiger partial charge in [-0.15, -0.1) is 0 Å². The van der Waals surface area contributed by atoms with Crippen LogP contribution in [0.25, 0.3) is 0 Å². The SMILES string of the molecule is COC(=O)c1ccc(NC(=O)C(=O)Nc2ccc(O)cc2)cc1. The Morgan fingerprint density at radius 3 is 1.70 bits per heavy atom. The lowest BCUT2D eigenvalue weighted by molar-refractivity contribution is -0.132. The molecule has 7 heteroatoms. The quantitative estimate of drug-likeness (QED) is 0.455. The lowest BCUT2D eigenvalue weighted by Gasteiger charge is -2.07.